The molecule has 0 atom stereocenters. The molecule has 0 saturated carbocycles. The van der Waals surface area contributed by atoms with Crippen molar-refractivity contribution in [1.29, 1.82) is 0 Å². The van der Waals surface area contributed by atoms with Gasteiger partial charge < -0.3 is 36.0 Å². The fourth-order valence-corrected chi connectivity index (χ4v) is 4.00. The summed E-state index contributed by atoms with van der Waals surface area (Å²) < 4.78 is 0. The number of unbranched alkanes of at least 4 members (excludes halogenated alkanes) is 1. The van der Waals surface area contributed by atoms with Crippen LogP contribution in [-0.2, 0) is 14.4 Å². The molecule has 0 radical (unpaired) electrons. The minimum absolute atomic E-state index is 0.144. The molecule has 0 aromatic heterocycles. The van der Waals surface area contributed by atoms with E-state index in [0.717, 1.165) is 11.1 Å². The van der Waals surface area contributed by atoms with Crippen molar-refractivity contribution in [2.24, 2.45) is 0 Å². The summed E-state index contributed by atoms with van der Waals surface area (Å²) in [4.78, 5) is 39.0. The van der Waals surface area contributed by atoms with Gasteiger partial charge in [0.1, 0.15) is 11.5 Å². The highest BCUT2D eigenvalue weighted by Gasteiger charge is 2.11. The Morgan fingerprint density at radius 1 is 0.568 bits per heavy atom. The second kappa shape index (κ2) is 17.4. The molecule has 0 aliphatic heterocycles. The molecule has 10 nitrogen and oxygen atoms in total. The number of phenols is 4. The molecule has 0 aliphatic carbocycles. The molecule has 0 bridgehead atoms. The molecular weight excluding hydrogens is 562 g/mol. The zero-order valence-electron chi connectivity index (χ0n) is 24.2. The molecule has 0 spiro atoms. The van der Waals surface area contributed by atoms with Crippen LogP contribution in [0.3, 0.4) is 0 Å². The summed E-state index contributed by atoms with van der Waals surface area (Å²) in [5.74, 6) is -1.02. The van der Waals surface area contributed by atoms with Crippen molar-refractivity contribution in [1.82, 2.24) is 15.5 Å². The highest BCUT2D eigenvalue weighted by Crippen LogP contribution is 2.25. The van der Waals surface area contributed by atoms with E-state index in [4.69, 9.17) is 0 Å². The smallest absolute Gasteiger partial charge is 0.246 e. The van der Waals surface area contributed by atoms with Gasteiger partial charge >= 0.3 is 0 Å². The number of hydrogen-bond acceptors (Lipinski definition) is 7. The highest BCUT2D eigenvalue weighted by molar-refractivity contribution is 5.93. The van der Waals surface area contributed by atoms with Crippen molar-refractivity contribution in [2.45, 2.75) is 19.3 Å². The molecule has 3 rings (SSSR count). The van der Waals surface area contributed by atoms with E-state index in [0.29, 0.717) is 51.0 Å². The summed E-state index contributed by atoms with van der Waals surface area (Å²) >= 11 is 0. The van der Waals surface area contributed by atoms with Crippen molar-refractivity contribution in [3.05, 3.63) is 102 Å². The van der Waals surface area contributed by atoms with Gasteiger partial charge in [0.25, 0.3) is 0 Å². The van der Waals surface area contributed by atoms with Crippen LogP contribution < -0.4 is 10.6 Å². The molecule has 0 heterocycles. The predicted octanol–water partition coefficient (Wildman–Crippen LogP) is 4.18. The van der Waals surface area contributed by atoms with E-state index in [1.165, 1.54) is 42.5 Å². The third-order valence-corrected chi connectivity index (χ3v) is 6.43. The standard InChI is InChI=1S/C34H37N3O7/c38-28-12-4-25(5-13-28)9-17-32(42)35-20-1-2-22-37(34(44)19-11-27-8-16-30(40)31(41)24-27)23-3-21-36-33(43)18-10-26-6-14-29(39)15-7-26/h4-19,24,38-41H,1-3,20-23H2,(H,35,42)(H,36,43). The van der Waals surface area contributed by atoms with Gasteiger partial charge in [0, 0.05) is 44.4 Å². The first-order valence-electron chi connectivity index (χ1n) is 14.2. The van der Waals surface area contributed by atoms with Gasteiger partial charge in [-0.05, 0) is 90.6 Å². The van der Waals surface area contributed by atoms with Crippen LogP contribution in [0.4, 0.5) is 0 Å². The van der Waals surface area contributed by atoms with Crippen LogP contribution in [-0.4, -0.2) is 69.2 Å². The first-order valence-corrected chi connectivity index (χ1v) is 14.2. The molecule has 3 aromatic carbocycles. The second-order valence-corrected chi connectivity index (χ2v) is 9.90. The summed E-state index contributed by atoms with van der Waals surface area (Å²) in [5, 5.41) is 43.5. The fourth-order valence-electron chi connectivity index (χ4n) is 4.00. The average molecular weight is 600 g/mol. The number of carbonyl (C=O) groups excluding carboxylic acids is 3. The van der Waals surface area contributed by atoms with Gasteiger partial charge in [-0.3, -0.25) is 14.4 Å². The maximum Gasteiger partial charge on any atom is 0.246 e. The maximum atomic E-state index is 13.0. The predicted molar refractivity (Wildman–Crippen MR) is 170 cm³/mol. The van der Waals surface area contributed by atoms with Crippen LogP contribution >= 0.6 is 0 Å². The van der Waals surface area contributed by atoms with Crippen LogP contribution in [0.25, 0.3) is 18.2 Å². The number of benzene rings is 3. The Morgan fingerprint density at radius 3 is 1.59 bits per heavy atom. The molecule has 230 valence electrons. The highest BCUT2D eigenvalue weighted by atomic mass is 16.3. The largest absolute Gasteiger partial charge is 0.508 e. The molecule has 3 aromatic rings. The number of amides is 3. The van der Waals surface area contributed by atoms with Crippen molar-refractivity contribution in [2.75, 3.05) is 26.2 Å². The van der Waals surface area contributed by atoms with E-state index < -0.39 is 0 Å². The lowest BCUT2D eigenvalue weighted by Crippen LogP contribution is -2.34. The Morgan fingerprint density at radius 2 is 1.05 bits per heavy atom. The van der Waals surface area contributed by atoms with Gasteiger partial charge in [0.05, 0.1) is 0 Å². The van der Waals surface area contributed by atoms with E-state index in [1.54, 1.807) is 65.6 Å². The zero-order chi connectivity index (χ0) is 31.7. The summed E-state index contributed by atoms with van der Waals surface area (Å²) in [5.41, 5.74) is 2.10. The molecule has 0 saturated heterocycles. The minimum Gasteiger partial charge on any atom is -0.508 e. The van der Waals surface area contributed by atoms with Gasteiger partial charge in [0.15, 0.2) is 11.5 Å². The summed E-state index contributed by atoms with van der Waals surface area (Å²) in [7, 11) is 0. The van der Waals surface area contributed by atoms with E-state index in [-0.39, 0.29) is 40.7 Å². The third-order valence-electron chi connectivity index (χ3n) is 6.43. The van der Waals surface area contributed by atoms with Gasteiger partial charge in [-0.1, -0.05) is 30.3 Å². The monoisotopic (exact) mass is 599 g/mol. The molecule has 0 fully saturated rings. The zero-order valence-corrected chi connectivity index (χ0v) is 24.2. The lowest BCUT2D eigenvalue weighted by molar-refractivity contribution is -0.126. The van der Waals surface area contributed by atoms with E-state index >= 15 is 0 Å². The molecule has 0 unspecified atom stereocenters. The van der Waals surface area contributed by atoms with Crippen molar-refractivity contribution < 1.29 is 34.8 Å². The van der Waals surface area contributed by atoms with Gasteiger partial charge in [-0.15, -0.1) is 0 Å². The number of rotatable bonds is 15. The lowest BCUT2D eigenvalue weighted by Gasteiger charge is -2.21. The number of carbonyl (C=O) groups is 3. The Labute approximate surface area is 256 Å². The molecule has 0 aliphatic rings. The third kappa shape index (κ3) is 12.2. The van der Waals surface area contributed by atoms with Gasteiger partial charge in [0.2, 0.25) is 17.7 Å². The summed E-state index contributed by atoms with van der Waals surface area (Å²) in [6.45, 7) is 1.58. The summed E-state index contributed by atoms with van der Waals surface area (Å²) in [6, 6.07) is 17.2. The number of phenolic OH excluding ortho intramolecular Hbond substituents is 4. The Kier molecular flexibility index (Phi) is 13.1. The minimum atomic E-state index is -0.286. The van der Waals surface area contributed by atoms with E-state index in [2.05, 4.69) is 10.6 Å². The quantitative estimate of drug-likeness (QED) is 0.0868. The maximum absolute atomic E-state index is 13.0. The van der Waals surface area contributed by atoms with E-state index in [9.17, 15) is 34.8 Å². The van der Waals surface area contributed by atoms with Gasteiger partial charge in [-0.2, -0.15) is 0 Å². The number of nitrogens with one attached hydrogen (secondary N) is 2. The Hall–Kier alpha value is -5.51. The van der Waals surface area contributed by atoms with Gasteiger partial charge in [-0.25, -0.2) is 0 Å². The molecule has 10 heteroatoms. The molecular formula is C34H37N3O7. The van der Waals surface area contributed by atoms with Crippen LogP contribution in [0.5, 0.6) is 23.0 Å². The van der Waals surface area contributed by atoms with Crippen LogP contribution in [0.2, 0.25) is 0 Å². The Bertz CT molecular complexity index is 1480. The number of aromatic hydroxyl groups is 4. The van der Waals surface area contributed by atoms with Crippen LogP contribution in [0.1, 0.15) is 36.0 Å². The Balaban J connectivity index is 1.47. The van der Waals surface area contributed by atoms with Crippen LogP contribution in [0.15, 0.2) is 85.0 Å². The molecule has 44 heavy (non-hydrogen) atoms. The molecule has 3 amide bonds. The molecule has 6 N–H and O–H groups in total. The van der Waals surface area contributed by atoms with Crippen molar-refractivity contribution in [3.63, 3.8) is 0 Å². The van der Waals surface area contributed by atoms with Crippen molar-refractivity contribution in [3.8, 4) is 23.0 Å². The topological polar surface area (TPSA) is 159 Å². The first kappa shape index (κ1) is 33.0. The second-order valence-electron chi connectivity index (χ2n) is 9.90. The average Bonchev–Trinajstić information content (AvgIpc) is 3.01. The van der Waals surface area contributed by atoms with E-state index in [1.807, 2.05) is 0 Å². The lowest BCUT2D eigenvalue weighted by atomic mass is 10.2. The summed E-state index contributed by atoms with van der Waals surface area (Å²) in [6.07, 6.45) is 10.8. The first-order chi connectivity index (χ1) is 21.2. The van der Waals surface area contributed by atoms with Crippen molar-refractivity contribution >= 4 is 35.9 Å². The van der Waals surface area contributed by atoms with Crippen LogP contribution in [0, 0.1) is 0 Å². The fraction of sp³-hybridized carbons (Fsp3) is 0.206. The SMILES string of the molecule is O=C(C=Cc1ccc(O)cc1)NCCCCN(CCCNC(=O)C=Cc1ccc(O)cc1)C(=O)C=Cc1ccc(O)c(O)c1. The number of nitrogens with zero attached hydrogens (tertiary/aromatic N) is 1. The number of hydrogen-bond donors (Lipinski definition) is 6. The normalized spacial score (nSPS) is 11.3.